The van der Waals surface area contributed by atoms with E-state index < -0.39 is 10.8 Å². The van der Waals surface area contributed by atoms with Gasteiger partial charge in [0, 0.05) is 11.4 Å². The molecule has 0 unspecified atom stereocenters. The Morgan fingerprint density at radius 3 is 2.33 bits per heavy atom. The number of benzene rings is 1. The Balaban J connectivity index is 1.78. The summed E-state index contributed by atoms with van der Waals surface area (Å²) in [6, 6.07) is 11.0. The highest BCUT2D eigenvalue weighted by Gasteiger charge is 2.14. The van der Waals surface area contributed by atoms with Gasteiger partial charge in [-0.1, -0.05) is 44.9 Å². The highest BCUT2D eigenvalue weighted by atomic mass is 32.2. The zero-order chi connectivity index (χ0) is 21.8. The van der Waals surface area contributed by atoms with Gasteiger partial charge in [0.05, 0.1) is 16.6 Å². The number of aryl methyl sites for hydroxylation is 1. The maximum atomic E-state index is 12.6. The van der Waals surface area contributed by atoms with Crippen LogP contribution in [0.25, 0.3) is 0 Å². The van der Waals surface area contributed by atoms with E-state index in [2.05, 4.69) is 24.1 Å². The monoisotopic (exact) mass is 432 g/mol. The van der Waals surface area contributed by atoms with Crippen LogP contribution in [0.1, 0.15) is 67.8 Å². The molecule has 5 nitrogen and oxygen atoms in total. The lowest BCUT2D eigenvalue weighted by atomic mass is 10.2. The molecule has 2 aromatic rings. The second-order valence-corrected chi connectivity index (χ2v) is 9.10. The summed E-state index contributed by atoms with van der Waals surface area (Å²) in [4.78, 5) is 15.7. The number of amides is 1. The number of furan rings is 1. The summed E-state index contributed by atoms with van der Waals surface area (Å²) in [6.45, 7) is 10.3. The van der Waals surface area contributed by atoms with Gasteiger partial charge in [-0.05, 0) is 69.6 Å². The third-order valence-electron chi connectivity index (χ3n) is 5.09. The summed E-state index contributed by atoms with van der Waals surface area (Å²) in [5.41, 5.74) is 0.993. The zero-order valence-corrected chi connectivity index (χ0v) is 19.4. The number of nitrogens with zero attached hydrogens (tertiary/aromatic N) is 1. The van der Waals surface area contributed by atoms with Gasteiger partial charge in [-0.2, -0.15) is 0 Å². The molecule has 0 aliphatic carbocycles. The number of hydrogen-bond donors (Lipinski definition) is 1. The van der Waals surface area contributed by atoms with E-state index in [0.29, 0.717) is 12.3 Å². The van der Waals surface area contributed by atoms with Crippen molar-refractivity contribution >= 4 is 16.7 Å². The maximum Gasteiger partial charge on any atom is 0.286 e. The van der Waals surface area contributed by atoms with Gasteiger partial charge in [-0.3, -0.25) is 9.00 Å². The van der Waals surface area contributed by atoms with Gasteiger partial charge >= 0.3 is 0 Å². The van der Waals surface area contributed by atoms with E-state index in [9.17, 15) is 9.00 Å². The first-order valence-corrected chi connectivity index (χ1v) is 12.4. The Labute approximate surface area is 183 Å². The summed E-state index contributed by atoms with van der Waals surface area (Å²) < 4.78 is 18.2. The second-order valence-electron chi connectivity index (χ2n) is 7.68. The Morgan fingerprint density at radius 2 is 1.67 bits per heavy atom. The third-order valence-corrected chi connectivity index (χ3v) is 6.59. The molecule has 0 saturated carbocycles. The van der Waals surface area contributed by atoms with Crippen LogP contribution in [-0.4, -0.2) is 41.2 Å². The highest BCUT2D eigenvalue weighted by Crippen LogP contribution is 2.18. The number of hydrogen-bond acceptors (Lipinski definition) is 4. The first-order valence-electron chi connectivity index (χ1n) is 11.1. The van der Waals surface area contributed by atoms with Crippen LogP contribution in [-0.2, 0) is 16.6 Å². The molecule has 0 spiro atoms. The second kappa shape index (κ2) is 13.4. The first kappa shape index (κ1) is 24.4. The number of rotatable bonds is 14. The van der Waals surface area contributed by atoms with Gasteiger partial charge in [0.15, 0.2) is 5.76 Å². The Kier molecular flexibility index (Phi) is 10.9. The van der Waals surface area contributed by atoms with Crippen LogP contribution < -0.4 is 5.32 Å². The van der Waals surface area contributed by atoms with Crippen molar-refractivity contribution in [2.24, 2.45) is 0 Å². The summed E-state index contributed by atoms with van der Waals surface area (Å²) in [6.07, 6.45) is 5.76. The minimum atomic E-state index is -1.19. The first-order chi connectivity index (χ1) is 14.5. The molecule has 1 heterocycles. The van der Waals surface area contributed by atoms with Crippen molar-refractivity contribution in [1.29, 1.82) is 0 Å². The van der Waals surface area contributed by atoms with Crippen LogP contribution in [0.15, 0.2) is 45.7 Å². The van der Waals surface area contributed by atoms with E-state index in [1.807, 2.05) is 31.2 Å². The summed E-state index contributed by atoms with van der Waals surface area (Å²) in [7, 11) is -1.19. The van der Waals surface area contributed by atoms with Crippen molar-refractivity contribution in [3.63, 3.8) is 0 Å². The van der Waals surface area contributed by atoms with Crippen molar-refractivity contribution in [1.82, 2.24) is 10.2 Å². The average Bonchev–Trinajstić information content (AvgIpc) is 3.21. The molecule has 1 aromatic carbocycles. The van der Waals surface area contributed by atoms with Gasteiger partial charge in [-0.15, -0.1) is 0 Å². The standard InChI is InChI=1S/C24H36N2O3S/c1-4-6-16-26(17-7-5-2)18-10-15-25-24(27)22-14-13-21(29-22)19-30(28)23-12-9-8-11-20(23)3/h8-9,11-14H,4-7,10,15-19H2,1-3H3,(H,25,27)/t30-/m0/s1. The molecule has 1 N–H and O–H groups in total. The molecule has 2 rings (SSSR count). The molecule has 1 atom stereocenters. The maximum absolute atomic E-state index is 12.6. The van der Waals surface area contributed by atoms with Gasteiger partial charge in [-0.25, -0.2) is 0 Å². The third kappa shape index (κ3) is 8.07. The Morgan fingerprint density at radius 1 is 1.00 bits per heavy atom. The molecule has 1 aromatic heterocycles. The summed E-state index contributed by atoms with van der Waals surface area (Å²) in [5, 5.41) is 2.94. The highest BCUT2D eigenvalue weighted by molar-refractivity contribution is 7.84. The van der Waals surface area contributed by atoms with E-state index in [-0.39, 0.29) is 17.4 Å². The van der Waals surface area contributed by atoms with Crippen LogP contribution in [0.4, 0.5) is 0 Å². The normalized spacial score (nSPS) is 12.3. The fourth-order valence-electron chi connectivity index (χ4n) is 3.29. The van der Waals surface area contributed by atoms with Gasteiger partial charge in [0.2, 0.25) is 0 Å². The van der Waals surface area contributed by atoms with Gasteiger partial charge < -0.3 is 14.6 Å². The van der Waals surface area contributed by atoms with Gasteiger partial charge in [0.1, 0.15) is 5.76 Å². The number of unbranched alkanes of at least 4 members (excludes halogenated alkanes) is 2. The lowest BCUT2D eigenvalue weighted by Crippen LogP contribution is -2.31. The number of nitrogens with one attached hydrogen (secondary N) is 1. The van der Waals surface area contributed by atoms with Crippen LogP contribution >= 0.6 is 0 Å². The minimum absolute atomic E-state index is 0.211. The molecule has 0 fully saturated rings. The smallest absolute Gasteiger partial charge is 0.286 e. The van der Waals surface area contributed by atoms with Crippen LogP contribution in [0.5, 0.6) is 0 Å². The van der Waals surface area contributed by atoms with Crippen molar-refractivity contribution in [2.45, 2.75) is 63.5 Å². The van der Waals surface area contributed by atoms with E-state index in [0.717, 1.165) is 36.5 Å². The van der Waals surface area contributed by atoms with Gasteiger partial charge in [0.25, 0.3) is 5.91 Å². The predicted molar refractivity (Wildman–Crippen MR) is 123 cm³/mol. The van der Waals surface area contributed by atoms with E-state index in [1.54, 1.807) is 12.1 Å². The molecular formula is C24H36N2O3S. The SMILES string of the molecule is CCCCN(CCCC)CCCNC(=O)c1ccc(C[S@](=O)c2ccccc2C)o1. The van der Waals surface area contributed by atoms with Crippen molar-refractivity contribution < 1.29 is 13.4 Å². The molecule has 30 heavy (non-hydrogen) atoms. The Bertz CT molecular complexity index is 795. The van der Waals surface area contributed by atoms with E-state index >= 15 is 0 Å². The molecule has 6 heteroatoms. The zero-order valence-electron chi connectivity index (χ0n) is 18.6. The summed E-state index contributed by atoms with van der Waals surface area (Å²) in [5.74, 6) is 0.895. The van der Waals surface area contributed by atoms with Crippen LogP contribution in [0.2, 0.25) is 0 Å². The lowest BCUT2D eigenvalue weighted by Gasteiger charge is -2.21. The average molecular weight is 433 g/mol. The quantitative estimate of drug-likeness (QED) is 0.431. The predicted octanol–water partition coefficient (Wildman–Crippen LogP) is 4.92. The molecule has 0 aliphatic rings. The van der Waals surface area contributed by atoms with Crippen molar-refractivity contribution in [2.75, 3.05) is 26.2 Å². The molecule has 0 saturated heterocycles. The number of carbonyl (C=O) groups excluding carboxylic acids is 1. The largest absolute Gasteiger partial charge is 0.455 e. The topological polar surface area (TPSA) is 62.6 Å². The number of carbonyl (C=O) groups is 1. The minimum Gasteiger partial charge on any atom is -0.455 e. The van der Waals surface area contributed by atoms with Crippen molar-refractivity contribution in [3.8, 4) is 0 Å². The molecular weight excluding hydrogens is 396 g/mol. The molecule has 0 radical (unpaired) electrons. The Hall–Kier alpha value is -1.92. The molecule has 0 bridgehead atoms. The molecule has 0 aliphatic heterocycles. The lowest BCUT2D eigenvalue weighted by molar-refractivity contribution is 0.0922. The van der Waals surface area contributed by atoms with Crippen molar-refractivity contribution in [3.05, 3.63) is 53.5 Å². The fourth-order valence-corrected chi connectivity index (χ4v) is 4.51. The summed E-state index contributed by atoms with van der Waals surface area (Å²) >= 11 is 0. The van der Waals surface area contributed by atoms with Crippen LogP contribution in [0, 0.1) is 6.92 Å². The van der Waals surface area contributed by atoms with E-state index in [1.165, 1.54) is 25.7 Å². The van der Waals surface area contributed by atoms with E-state index in [4.69, 9.17) is 4.42 Å². The van der Waals surface area contributed by atoms with Crippen LogP contribution in [0.3, 0.4) is 0 Å². The fraction of sp³-hybridized carbons (Fsp3) is 0.542. The molecule has 1 amide bonds. The molecule has 166 valence electrons.